The third-order valence-electron chi connectivity index (χ3n) is 2.65. The van der Waals surface area contributed by atoms with Crippen molar-refractivity contribution in [2.24, 2.45) is 0 Å². The van der Waals surface area contributed by atoms with E-state index in [9.17, 15) is 14.0 Å². The number of hydrogen-bond acceptors (Lipinski definition) is 4. The highest BCUT2D eigenvalue weighted by atomic mass is 35.5. The van der Waals surface area contributed by atoms with Gasteiger partial charge in [-0.1, -0.05) is 11.6 Å². The monoisotopic (exact) mass is 337 g/mol. The molecule has 2 aromatic rings. The SMILES string of the molecule is CC(=O)Nc1ccc(OC(=O)COc2ccc(F)c(Cl)c2)cc1. The number of anilines is 1. The number of nitrogens with one attached hydrogen (secondary N) is 1. The summed E-state index contributed by atoms with van der Waals surface area (Å²) in [6.45, 7) is 1.04. The molecule has 0 spiro atoms. The smallest absolute Gasteiger partial charge is 0.349 e. The van der Waals surface area contributed by atoms with Crippen molar-refractivity contribution in [1.82, 2.24) is 0 Å². The lowest BCUT2D eigenvalue weighted by Crippen LogP contribution is -2.17. The number of ether oxygens (including phenoxy) is 2. The zero-order chi connectivity index (χ0) is 16.8. The van der Waals surface area contributed by atoms with Crippen molar-refractivity contribution in [3.05, 3.63) is 53.3 Å². The Kier molecular flexibility index (Phi) is 5.54. The first-order valence-electron chi connectivity index (χ1n) is 6.60. The third kappa shape index (κ3) is 5.27. The molecule has 0 radical (unpaired) electrons. The molecule has 5 nitrogen and oxygen atoms in total. The number of esters is 1. The summed E-state index contributed by atoms with van der Waals surface area (Å²) in [6.07, 6.45) is 0. The first-order valence-corrected chi connectivity index (χ1v) is 6.98. The fourth-order valence-electron chi connectivity index (χ4n) is 1.68. The number of rotatable bonds is 5. The Morgan fingerprint density at radius 2 is 1.78 bits per heavy atom. The maximum atomic E-state index is 13.0. The molecule has 0 fully saturated rings. The van der Waals surface area contributed by atoms with Gasteiger partial charge < -0.3 is 14.8 Å². The largest absolute Gasteiger partial charge is 0.482 e. The van der Waals surface area contributed by atoms with Gasteiger partial charge in [0.2, 0.25) is 5.91 Å². The average Bonchev–Trinajstić information content (AvgIpc) is 2.50. The van der Waals surface area contributed by atoms with Crippen LogP contribution < -0.4 is 14.8 Å². The maximum Gasteiger partial charge on any atom is 0.349 e. The lowest BCUT2D eigenvalue weighted by atomic mass is 10.3. The van der Waals surface area contributed by atoms with E-state index in [1.807, 2.05) is 0 Å². The summed E-state index contributed by atoms with van der Waals surface area (Å²) >= 11 is 5.61. The van der Waals surface area contributed by atoms with Gasteiger partial charge in [-0.15, -0.1) is 0 Å². The van der Waals surface area contributed by atoms with Crippen molar-refractivity contribution < 1.29 is 23.5 Å². The van der Waals surface area contributed by atoms with Crippen molar-refractivity contribution >= 4 is 29.2 Å². The minimum absolute atomic E-state index is 0.0931. The van der Waals surface area contributed by atoms with Crippen LogP contribution >= 0.6 is 11.6 Å². The number of halogens is 2. The first-order chi connectivity index (χ1) is 10.9. The van der Waals surface area contributed by atoms with Gasteiger partial charge in [0, 0.05) is 18.7 Å². The second kappa shape index (κ2) is 7.60. The van der Waals surface area contributed by atoms with Gasteiger partial charge in [-0.25, -0.2) is 9.18 Å². The second-order valence-corrected chi connectivity index (χ2v) is 4.95. The maximum absolute atomic E-state index is 13.0. The normalized spacial score (nSPS) is 10.0. The molecule has 23 heavy (non-hydrogen) atoms. The Labute approximate surface area is 137 Å². The van der Waals surface area contributed by atoms with E-state index in [4.69, 9.17) is 21.1 Å². The Morgan fingerprint density at radius 3 is 2.39 bits per heavy atom. The molecule has 0 unspecified atom stereocenters. The van der Waals surface area contributed by atoms with Gasteiger partial charge in [-0.2, -0.15) is 0 Å². The average molecular weight is 338 g/mol. The fourth-order valence-corrected chi connectivity index (χ4v) is 1.85. The van der Waals surface area contributed by atoms with E-state index in [-0.39, 0.29) is 23.3 Å². The van der Waals surface area contributed by atoms with E-state index in [1.165, 1.54) is 31.2 Å². The molecule has 120 valence electrons. The van der Waals surface area contributed by atoms with Gasteiger partial charge in [0.15, 0.2) is 6.61 Å². The molecule has 0 aliphatic rings. The highest BCUT2D eigenvalue weighted by Gasteiger charge is 2.08. The van der Waals surface area contributed by atoms with Crippen molar-refractivity contribution in [2.75, 3.05) is 11.9 Å². The van der Waals surface area contributed by atoms with E-state index < -0.39 is 11.8 Å². The molecule has 2 aromatic carbocycles. The van der Waals surface area contributed by atoms with E-state index >= 15 is 0 Å². The number of carbonyl (C=O) groups excluding carboxylic acids is 2. The Morgan fingerprint density at radius 1 is 1.13 bits per heavy atom. The summed E-state index contributed by atoms with van der Waals surface area (Å²) in [5.41, 5.74) is 0.592. The summed E-state index contributed by atoms with van der Waals surface area (Å²) in [4.78, 5) is 22.6. The van der Waals surface area contributed by atoms with E-state index in [2.05, 4.69) is 5.32 Å². The zero-order valence-electron chi connectivity index (χ0n) is 12.1. The molecule has 7 heteroatoms. The number of benzene rings is 2. The summed E-state index contributed by atoms with van der Waals surface area (Å²) < 4.78 is 23.2. The predicted octanol–water partition coefficient (Wildman–Crippen LogP) is 3.42. The molecule has 2 rings (SSSR count). The summed E-state index contributed by atoms with van der Waals surface area (Å²) in [5.74, 6) is -0.820. The molecular weight excluding hydrogens is 325 g/mol. The van der Waals surface area contributed by atoms with Gasteiger partial charge in [-0.3, -0.25) is 4.79 Å². The lowest BCUT2D eigenvalue weighted by Gasteiger charge is -2.08. The quantitative estimate of drug-likeness (QED) is 0.670. The molecule has 1 N–H and O–H groups in total. The first kappa shape index (κ1) is 16.8. The van der Waals surface area contributed by atoms with Gasteiger partial charge in [-0.05, 0) is 36.4 Å². The minimum atomic E-state index is -0.627. The van der Waals surface area contributed by atoms with E-state index in [0.717, 1.165) is 6.07 Å². The van der Waals surface area contributed by atoms with Crippen LogP contribution in [0.5, 0.6) is 11.5 Å². The standard InChI is InChI=1S/C16H13ClFNO4/c1-10(20)19-11-2-4-12(5-3-11)23-16(21)9-22-13-6-7-15(18)14(17)8-13/h2-8H,9H2,1H3,(H,19,20). The molecule has 0 atom stereocenters. The van der Waals surface area contributed by atoms with E-state index in [1.54, 1.807) is 12.1 Å². The molecule has 0 saturated heterocycles. The van der Waals surface area contributed by atoms with Crippen LogP contribution in [-0.2, 0) is 9.59 Å². The van der Waals surface area contributed by atoms with Crippen LogP contribution in [0.3, 0.4) is 0 Å². The Balaban J connectivity index is 1.86. The molecule has 0 bridgehead atoms. The van der Waals surface area contributed by atoms with Crippen molar-refractivity contribution in [3.8, 4) is 11.5 Å². The van der Waals surface area contributed by atoms with Gasteiger partial charge in [0.25, 0.3) is 0 Å². The van der Waals surface area contributed by atoms with Crippen LogP contribution in [-0.4, -0.2) is 18.5 Å². The van der Waals surface area contributed by atoms with Crippen LogP contribution in [0.15, 0.2) is 42.5 Å². The molecule has 0 aliphatic heterocycles. The summed E-state index contributed by atoms with van der Waals surface area (Å²) in [5, 5.41) is 2.50. The molecule has 0 saturated carbocycles. The minimum Gasteiger partial charge on any atom is -0.482 e. The van der Waals surface area contributed by atoms with Gasteiger partial charge >= 0.3 is 5.97 Å². The van der Waals surface area contributed by atoms with Gasteiger partial charge in [0.1, 0.15) is 17.3 Å². The highest BCUT2D eigenvalue weighted by Crippen LogP contribution is 2.21. The molecule has 0 aromatic heterocycles. The van der Waals surface area contributed by atoms with Crippen molar-refractivity contribution in [3.63, 3.8) is 0 Å². The molecule has 0 heterocycles. The summed E-state index contributed by atoms with van der Waals surface area (Å²) in [7, 11) is 0. The van der Waals surface area contributed by atoms with Crippen molar-refractivity contribution in [1.29, 1.82) is 0 Å². The van der Waals surface area contributed by atoms with Crippen LogP contribution in [0.25, 0.3) is 0 Å². The fraction of sp³-hybridized carbons (Fsp3) is 0.125. The van der Waals surface area contributed by atoms with E-state index in [0.29, 0.717) is 11.4 Å². The molecule has 0 aliphatic carbocycles. The number of hydrogen-bond donors (Lipinski definition) is 1. The Bertz CT molecular complexity index is 719. The molecule has 1 amide bonds. The topological polar surface area (TPSA) is 64.6 Å². The van der Waals surface area contributed by atoms with Crippen LogP contribution in [0.1, 0.15) is 6.92 Å². The van der Waals surface area contributed by atoms with Crippen LogP contribution in [0.2, 0.25) is 5.02 Å². The number of amides is 1. The lowest BCUT2D eigenvalue weighted by molar-refractivity contribution is -0.136. The second-order valence-electron chi connectivity index (χ2n) is 4.54. The predicted molar refractivity (Wildman–Crippen MR) is 83.3 cm³/mol. The molecular formula is C16H13ClFNO4. The summed E-state index contributed by atoms with van der Waals surface area (Å²) in [6, 6.07) is 10.1. The third-order valence-corrected chi connectivity index (χ3v) is 2.94. The van der Waals surface area contributed by atoms with Crippen molar-refractivity contribution in [2.45, 2.75) is 6.92 Å². The van der Waals surface area contributed by atoms with Gasteiger partial charge in [0.05, 0.1) is 5.02 Å². The number of carbonyl (C=O) groups is 2. The van der Waals surface area contributed by atoms with Crippen LogP contribution in [0.4, 0.5) is 10.1 Å². The Hall–Kier alpha value is -2.60. The zero-order valence-corrected chi connectivity index (χ0v) is 12.9. The highest BCUT2D eigenvalue weighted by molar-refractivity contribution is 6.30. The van der Waals surface area contributed by atoms with Crippen LogP contribution in [0, 0.1) is 5.82 Å².